The quantitative estimate of drug-likeness (QED) is 0.163. The van der Waals surface area contributed by atoms with E-state index in [1.165, 1.54) is 18.2 Å². The molecular formula is C23H22O12. The molecule has 1 aliphatic heterocycles. The summed E-state index contributed by atoms with van der Waals surface area (Å²) in [6.45, 7) is 0.706. The average molecular weight is 490 g/mol. The highest BCUT2D eigenvalue weighted by molar-refractivity contribution is 5.98. The molecule has 5 atom stereocenters. The van der Waals surface area contributed by atoms with Gasteiger partial charge in [0.1, 0.15) is 48.1 Å². The van der Waals surface area contributed by atoms with Gasteiger partial charge in [-0.2, -0.15) is 0 Å². The minimum Gasteiger partial charge on any atom is -0.508 e. The number of rotatable bonds is 5. The number of carbonyl (C=O) groups is 1. The van der Waals surface area contributed by atoms with E-state index in [4.69, 9.17) is 18.6 Å². The summed E-state index contributed by atoms with van der Waals surface area (Å²) in [5.41, 5.74) is -0.436. The lowest BCUT2D eigenvalue weighted by Gasteiger charge is -2.40. The van der Waals surface area contributed by atoms with E-state index < -0.39 is 54.7 Å². The van der Waals surface area contributed by atoms with Gasteiger partial charge in [-0.15, -0.1) is 0 Å². The number of aromatic hydroxyl groups is 3. The van der Waals surface area contributed by atoms with Gasteiger partial charge in [-0.3, -0.25) is 4.79 Å². The van der Waals surface area contributed by atoms with E-state index in [-0.39, 0.29) is 39.3 Å². The molecule has 2 heterocycles. The summed E-state index contributed by atoms with van der Waals surface area (Å²) >= 11 is 0. The molecule has 3 aromatic rings. The highest BCUT2D eigenvalue weighted by Crippen LogP contribution is 2.40. The van der Waals surface area contributed by atoms with Crippen LogP contribution in [0.5, 0.6) is 23.0 Å². The second-order valence-electron chi connectivity index (χ2n) is 7.93. The van der Waals surface area contributed by atoms with Crippen LogP contribution in [0, 0.1) is 0 Å². The zero-order valence-electron chi connectivity index (χ0n) is 18.2. The fraction of sp³-hybridized carbons (Fsp3) is 0.304. The lowest BCUT2D eigenvalue weighted by Crippen LogP contribution is -2.60. The molecule has 0 saturated carbocycles. The first-order valence-corrected chi connectivity index (χ1v) is 10.4. The highest BCUT2D eigenvalue weighted by atomic mass is 16.7. The SMILES string of the molecule is CC(=O)OC[C@H]1O[C@@H](Oc2cc(O)cc3oc(=O)cc(-c4ccc(O)c(O)c4)c23)[C@H](O)[C@@H](O)[C@@H]1O. The summed E-state index contributed by atoms with van der Waals surface area (Å²) in [6.07, 6.45) is -7.94. The van der Waals surface area contributed by atoms with Gasteiger partial charge in [0.2, 0.25) is 6.29 Å². The van der Waals surface area contributed by atoms with E-state index >= 15 is 0 Å². The first-order valence-electron chi connectivity index (χ1n) is 10.4. The van der Waals surface area contributed by atoms with Gasteiger partial charge in [0.15, 0.2) is 11.5 Å². The number of phenols is 3. The number of benzene rings is 2. The smallest absolute Gasteiger partial charge is 0.336 e. The Bertz CT molecular complexity index is 1320. The van der Waals surface area contributed by atoms with Gasteiger partial charge < -0.3 is 49.3 Å². The first-order chi connectivity index (χ1) is 16.5. The van der Waals surface area contributed by atoms with E-state index in [0.29, 0.717) is 0 Å². The molecule has 0 bridgehead atoms. The molecule has 1 saturated heterocycles. The average Bonchev–Trinajstić information content (AvgIpc) is 2.79. The summed E-state index contributed by atoms with van der Waals surface area (Å²) in [6, 6.07) is 7.20. The van der Waals surface area contributed by atoms with Crippen molar-refractivity contribution in [2.24, 2.45) is 0 Å². The van der Waals surface area contributed by atoms with Gasteiger partial charge in [0.05, 0.1) is 5.39 Å². The number of hydrogen-bond donors (Lipinski definition) is 6. The molecule has 2 aromatic carbocycles. The van der Waals surface area contributed by atoms with E-state index in [1.807, 2.05) is 0 Å². The van der Waals surface area contributed by atoms with Crippen molar-refractivity contribution >= 4 is 16.9 Å². The topological polar surface area (TPSA) is 196 Å². The predicted octanol–water partition coefficient (Wildman–Crippen LogP) is 0.326. The summed E-state index contributed by atoms with van der Waals surface area (Å²) in [4.78, 5) is 23.3. The van der Waals surface area contributed by atoms with Crippen LogP contribution in [0.1, 0.15) is 6.92 Å². The number of fused-ring (bicyclic) bond motifs is 1. The second kappa shape index (κ2) is 9.43. The fourth-order valence-corrected chi connectivity index (χ4v) is 3.74. The van der Waals surface area contributed by atoms with Crippen molar-refractivity contribution in [3.8, 4) is 34.1 Å². The Hall–Kier alpha value is -3.84. The number of phenolic OH excluding ortho intramolecular Hbond substituents is 3. The largest absolute Gasteiger partial charge is 0.508 e. The third-order valence-electron chi connectivity index (χ3n) is 5.44. The lowest BCUT2D eigenvalue weighted by molar-refractivity contribution is -0.278. The molecule has 1 fully saturated rings. The van der Waals surface area contributed by atoms with Crippen LogP contribution in [0.4, 0.5) is 0 Å². The second-order valence-corrected chi connectivity index (χ2v) is 7.93. The van der Waals surface area contributed by atoms with Crippen LogP contribution in [-0.4, -0.2) is 73.9 Å². The first kappa shape index (κ1) is 24.3. The van der Waals surface area contributed by atoms with Crippen LogP contribution < -0.4 is 10.4 Å². The van der Waals surface area contributed by atoms with Gasteiger partial charge in [0.25, 0.3) is 0 Å². The van der Waals surface area contributed by atoms with E-state index in [1.54, 1.807) is 0 Å². The molecule has 1 aliphatic rings. The van der Waals surface area contributed by atoms with Crippen molar-refractivity contribution < 1.29 is 54.1 Å². The van der Waals surface area contributed by atoms with Gasteiger partial charge in [-0.05, 0) is 17.7 Å². The Kier molecular flexibility index (Phi) is 6.54. The summed E-state index contributed by atoms with van der Waals surface area (Å²) < 4.78 is 21.3. The van der Waals surface area contributed by atoms with Crippen molar-refractivity contribution in [3.63, 3.8) is 0 Å². The number of ether oxygens (including phenoxy) is 3. The van der Waals surface area contributed by atoms with Crippen molar-refractivity contribution in [2.45, 2.75) is 37.6 Å². The molecule has 0 radical (unpaired) electrons. The third-order valence-corrected chi connectivity index (χ3v) is 5.44. The van der Waals surface area contributed by atoms with Crippen LogP contribution >= 0.6 is 0 Å². The predicted molar refractivity (Wildman–Crippen MR) is 117 cm³/mol. The Morgan fingerprint density at radius 2 is 1.71 bits per heavy atom. The number of hydrogen-bond acceptors (Lipinski definition) is 12. The fourth-order valence-electron chi connectivity index (χ4n) is 3.74. The van der Waals surface area contributed by atoms with Crippen molar-refractivity contribution in [1.82, 2.24) is 0 Å². The van der Waals surface area contributed by atoms with Crippen LogP contribution in [-0.2, 0) is 14.3 Å². The van der Waals surface area contributed by atoms with E-state index in [2.05, 4.69) is 0 Å². The molecular weight excluding hydrogens is 468 g/mol. The van der Waals surface area contributed by atoms with Crippen molar-refractivity contribution in [2.75, 3.05) is 6.61 Å². The molecule has 0 aliphatic carbocycles. The molecule has 35 heavy (non-hydrogen) atoms. The number of esters is 1. The van der Waals surface area contributed by atoms with Gasteiger partial charge in [-0.25, -0.2) is 4.79 Å². The van der Waals surface area contributed by atoms with Crippen molar-refractivity contribution in [3.05, 3.63) is 46.8 Å². The molecule has 0 unspecified atom stereocenters. The summed E-state index contributed by atoms with van der Waals surface area (Å²) in [5.74, 6) is -2.02. The molecule has 186 valence electrons. The number of aliphatic hydroxyl groups is 3. The maximum Gasteiger partial charge on any atom is 0.336 e. The number of carbonyl (C=O) groups excluding carboxylic acids is 1. The molecule has 4 rings (SSSR count). The van der Waals surface area contributed by atoms with Gasteiger partial charge in [0, 0.05) is 30.7 Å². The monoisotopic (exact) mass is 490 g/mol. The summed E-state index contributed by atoms with van der Waals surface area (Å²) in [7, 11) is 0. The van der Waals surface area contributed by atoms with Crippen molar-refractivity contribution in [1.29, 1.82) is 0 Å². The normalized spacial score (nSPS) is 24.3. The number of aliphatic hydroxyl groups excluding tert-OH is 3. The van der Waals surface area contributed by atoms with Crippen LogP contribution in [0.2, 0.25) is 0 Å². The highest BCUT2D eigenvalue weighted by Gasteiger charge is 2.45. The Morgan fingerprint density at radius 1 is 0.971 bits per heavy atom. The molecule has 1 aromatic heterocycles. The minimum absolute atomic E-state index is 0.114. The van der Waals surface area contributed by atoms with Crippen LogP contribution in [0.3, 0.4) is 0 Å². The van der Waals surface area contributed by atoms with Crippen LogP contribution in [0.25, 0.3) is 22.1 Å². The molecule has 0 spiro atoms. The maximum atomic E-state index is 12.2. The lowest BCUT2D eigenvalue weighted by atomic mass is 9.99. The van der Waals surface area contributed by atoms with Gasteiger partial charge in [-0.1, -0.05) is 6.07 Å². The standard InChI is InChI=1S/C23H22O12/c1-9(24)32-8-17-20(29)21(30)22(31)23(35-17)34-16-6-11(25)5-15-19(16)12(7-18(28)33-15)10-2-3-13(26)14(27)4-10/h2-7,17,20-23,25-27,29-31H,8H2,1H3/t17-,20-,21+,22-,23-/m1/s1. The molecule has 12 heteroatoms. The molecule has 0 amide bonds. The maximum absolute atomic E-state index is 12.2. The molecule has 12 nitrogen and oxygen atoms in total. The zero-order chi connectivity index (χ0) is 25.4. The Balaban J connectivity index is 1.79. The van der Waals surface area contributed by atoms with Gasteiger partial charge >= 0.3 is 11.6 Å². The van der Waals surface area contributed by atoms with E-state index in [9.17, 15) is 40.2 Å². The van der Waals surface area contributed by atoms with Crippen LogP contribution in [0.15, 0.2) is 45.6 Å². The molecule has 6 N–H and O–H groups in total. The zero-order valence-corrected chi connectivity index (χ0v) is 18.2. The third kappa shape index (κ3) is 4.86. The Morgan fingerprint density at radius 3 is 2.40 bits per heavy atom. The minimum atomic E-state index is -1.76. The Labute approximate surface area is 196 Å². The summed E-state index contributed by atoms with van der Waals surface area (Å²) in [5, 5.41) is 60.7. The van der Waals surface area contributed by atoms with E-state index in [0.717, 1.165) is 25.1 Å².